The number of anilines is 1. The van der Waals surface area contributed by atoms with E-state index in [1.165, 1.54) is 0 Å². The molecule has 1 amide bonds. The first kappa shape index (κ1) is 12.4. The number of nitrogens with two attached hydrogens (primary N) is 2. The Morgan fingerprint density at radius 2 is 2.06 bits per heavy atom. The van der Waals surface area contributed by atoms with Gasteiger partial charge in [-0.25, -0.2) is 0 Å². The number of nitrogen functional groups attached to an aromatic ring is 1. The molecule has 88 valence electrons. The number of benzene rings is 1. The number of carbonyl (C=O) groups excluding carboxylic acids is 1. The maximum Gasteiger partial charge on any atom is 0.248 e. The van der Waals surface area contributed by atoms with Gasteiger partial charge in [-0.05, 0) is 38.5 Å². The highest BCUT2D eigenvalue weighted by atomic mass is 16.5. The van der Waals surface area contributed by atoms with Crippen LogP contribution >= 0.6 is 0 Å². The summed E-state index contributed by atoms with van der Waals surface area (Å²) in [6.07, 6.45) is 0.841. The van der Waals surface area contributed by atoms with Crippen LogP contribution in [0.3, 0.4) is 0 Å². The van der Waals surface area contributed by atoms with Crippen molar-refractivity contribution in [2.45, 2.75) is 32.8 Å². The van der Waals surface area contributed by atoms with Gasteiger partial charge in [0.2, 0.25) is 5.91 Å². The second-order valence-electron chi connectivity index (χ2n) is 4.33. The monoisotopic (exact) mass is 222 g/mol. The fourth-order valence-corrected chi connectivity index (χ4v) is 1.15. The normalized spacial score (nSPS) is 11.2. The molecule has 0 aromatic heterocycles. The highest BCUT2D eigenvalue weighted by molar-refractivity contribution is 5.93. The average Bonchev–Trinajstić information content (AvgIpc) is 2.21. The summed E-state index contributed by atoms with van der Waals surface area (Å²) in [5.41, 5.74) is 11.6. The van der Waals surface area contributed by atoms with E-state index in [-0.39, 0.29) is 5.60 Å². The lowest BCUT2D eigenvalue weighted by atomic mass is 10.1. The van der Waals surface area contributed by atoms with Crippen LogP contribution in [0.15, 0.2) is 18.2 Å². The van der Waals surface area contributed by atoms with Gasteiger partial charge in [-0.3, -0.25) is 4.79 Å². The third-order valence-electron chi connectivity index (χ3n) is 2.54. The second-order valence-corrected chi connectivity index (χ2v) is 4.33. The molecule has 0 atom stereocenters. The number of amides is 1. The number of primary amides is 1. The smallest absolute Gasteiger partial charge is 0.248 e. The summed E-state index contributed by atoms with van der Waals surface area (Å²) in [5.74, 6) is 0.0160. The first-order valence-electron chi connectivity index (χ1n) is 5.24. The van der Waals surface area contributed by atoms with E-state index in [2.05, 4.69) is 0 Å². The van der Waals surface area contributed by atoms with Crippen molar-refractivity contribution in [3.63, 3.8) is 0 Å². The third-order valence-corrected chi connectivity index (χ3v) is 2.54. The summed E-state index contributed by atoms with van der Waals surface area (Å²) in [6, 6.07) is 4.79. The van der Waals surface area contributed by atoms with Gasteiger partial charge >= 0.3 is 0 Å². The van der Waals surface area contributed by atoms with Crippen molar-refractivity contribution in [3.8, 4) is 5.75 Å². The maximum absolute atomic E-state index is 11.0. The van der Waals surface area contributed by atoms with Gasteiger partial charge in [-0.2, -0.15) is 0 Å². The quantitative estimate of drug-likeness (QED) is 0.764. The maximum atomic E-state index is 11.0. The zero-order valence-electron chi connectivity index (χ0n) is 9.91. The largest absolute Gasteiger partial charge is 0.486 e. The van der Waals surface area contributed by atoms with E-state index in [1.807, 2.05) is 20.8 Å². The highest BCUT2D eigenvalue weighted by Gasteiger charge is 2.18. The molecule has 0 bridgehead atoms. The molecule has 0 aliphatic carbocycles. The molecule has 0 heterocycles. The van der Waals surface area contributed by atoms with Crippen molar-refractivity contribution in [2.75, 3.05) is 5.73 Å². The van der Waals surface area contributed by atoms with Gasteiger partial charge in [0.25, 0.3) is 0 Å². The predicted molar refractivity (Wildman–Crippen MR) is 64.4 cm³/mol. The second kappa shape index (κ2) is 4.43. The van der Waals surface area contributed by atoms with Crippen LogP contribution in [0, 0.1) is 0 Å². The van der Waals surface area contributed by atoms with Gasteiger partial charge < -0.3 is 16.2 Å². The SMILES string of the molecule is CCC(C)(C)Oc1cc(C(N)=O)ccc1N. The Balaban J connectivity index is 3.03. The van der Waals surface area contributed by atoms with Crippen LogP contribution in [-0.4, -0.2) is 11.5 Å². The number of ether oxygens (including phenoxy) is 1. The minimum atomic E-state index is -0.487. The molecule has 1 aromatic carbocycles. The first-order chi connectivity index (χ1) is 7.35. The molecule has 0 aliphatic rings. The van der Waals surface area contributed by atoms with E-state index < -0.39 is 5.91 Å². The zero-order valence-corrected chi connectivity index (χ0v) is 9.91. The minimum Gasteiger partial charge on any atom is -0.486 e. The topological polar surface area (TPSA) is 78.3 Å². The summed E-state index contributed by atoms with van der Waals surface area (Å²) >= 11 is 0. The van der Waals surface area contributed by atoms with Gasteiger partial charge in [-0.1, -0.05) is 6.92 Å². The molecule has 1 rings (SSSR count). The van der Waals surface area contributed by atoms with Gasteiger partial charge in [0.1, 0.15) is 11.4 Å². The van der Waals surface area contributed by atoms with Crippen LogP contribution in [0.4, 0.5) is 5.69 Å². The molecular formula is C12H18N2O2. The van der Waals surface area contributed by atoms with Crippen molar-refractivity contribution in [2.24, 2.45) is 5.73 Å². The molecule has 0 radical (unpaired) electrons. The fraction of sp³-hybridized carbons (Fsp3) is 0.417. The number of hydrogen-bond acceptors (Lipinski definition) is 3. The van der Waals surface area contributed by atoms with Gasteiger partial charge in [-0.15, -0.1) is 0 Å². The Labute approximate surface area is 95.6 Å². The lowest BCUT2D eigenvalue weighted by Crippen LogP contribution is -2.27. The van der Waals surface area contributed by atoms with E-state index in [9.17, 15) is 4.79 Å². The molecule has 4 heteroatoms. The fourth-order valence-electron chi connectivity index (χ4n) is 1.15. The summed E-state index contributed by atoms with van der Waals surface area (Å²) in [5, 5.41) is 0. The highest BCUT2D eigenvalue weighted by Crippen LogP contribution is 2.27. The molecular weight excluding hydrogens is 204 g/mol. The standard InChI is InChI=1S/C12H18N2O2/c1-4-12(2,3)16-10-7-8(11(14)15)5-6-9(10)13/h5-7H,4,13H2,1-3H3,(H2,14,15). The molecule has 0 aliphatic heterocycles. The number of carbonyl (C=O) groups is 1. The third kappa shape index (κ3) is 2.89. The van der Waals surface area contributed by atoms with Crippen LogP contribution in [-0.2, 0) is 0 Å². The molecule has 0 spiro atoms. The molecule has 4 N–H and O–H groups in total. The minimum absolute atomic E-state index is 0.315. The van der Waals surface area contributed by atoms with Crippen molar-refractivity contribution < 1.29 is 9.53 Å². The van der Waals surface area contributed by atoms with Gasteiger partial charge in [0.05, 0.1) is 5.69 Å². The van der Waals surface area contributed by atoms with Crippen molar-refractivity contribution >= 4 is 11.6 Å². The Morgan fingerprint density at radius 3 is 2.56 bits per heavy atom. The molecule has 1 aromatic rings. The summed E-state index contributed by atoms with van der Waals surface area (Å²) in [6.45, 7) is 5.95. The van der Waals surface area contributed by atoms with E-state index in [1.54, 1.807) is 18.2 Å². The molecule has 0 saturated heterocycles. The van der Waals surface area contributed by atoms with E-state index in [0.29, 0.717) is 17.0 Å². The van der Waals surface area contributed by atoms with Crippen LogP contribution in [0.1, 0.15) is 37.6 Å². The van der Waals surface area contributed by atoms with Crippen LogP contribution in [0.2, 0.25) is 0 Å². The van der Waals surface area contributed by atoms with E-state index in [4.69, 9.17) is 16.2 Å². The number of hydrogen-bond donors (Lipinski definition) is 2. The average molecular weight is 222 g/mol. The molecule has 0 unspecified atom stereocenters. The van der Waals surface area contributed by atoms with Crippen LogP contribution < -0.4 is 16.2 Å². The molecule has 0 fully saturated rings. The molecule has 0 saturated carbocycles. The van der Waals surface area contributed by atoms with Gasteiger partial charge in [0, 0.05) is 5.56 Å². The molecule has 16 heavy (non-hydrogen) atoms. The lowest BCUT2D eigenvalue weighted by molar-refractivity contribution is 0.0987. The first-order valence-corrected chi connectivity index (χ1v) is 5.24. The number of rotatable bonds is 4. The predicted octanol–water partition coefficient (Wildman–Crippen LogP) is 1.94. The Hall–Kier alpha value is -1.71. The summed E-state index contributed by atoms with van der Waals surface area (Å²) in [7, 11) is 0. The molecule has 4 nitrogen and oxygen atoms in total. The summed E-state index contributed by atoms with van der Waals surface area (Å²) in [4.78, 5) is 11.0. The van der Waals surface area contributed by atoms with Crippen molar-refractivity contribution in [3.05, 3.63) is 23.8 Å². The van der Waals surface area contributed by atoms with Gasteiger partial charge in [0.15, 0.2) is 0 Å². The summed E-state index contributed by atoms with van der Waals surface area (Å²) < 4.78 is 5.74. The Kier molecular flexibility index (Phi) is 3.42. The van der Waals surface area contributed by atoms with E-state index in [0.717, 1.165) is 6.42 Å². The lowest BCUT2D eigenvalue weighted by Gasteiger charge is -2.25. The van der Waals surface area contributed by atoms with Crippen molar-refractivity contribution in [1.29, 1.82) is 0 Å². The van der Waals surface area contributed by atoms with E-state index >= 15 is 0 Å². The Bertz CT molecular complexity index is 400. The van der Waals surface area contributed by atoms with Crippen LogP contribution in [0.5, 0.6) is 5.75 Å². The van der Waals surface area contributed by atoms with Crippen molar-refractivity contribution in [1.82, 2.24) is 0 Å². The Morgan fingerprint density at radius 1 is 1.44 bits per heavy atom. The zero-order chi connectivity index (χ0) is 12.3. The van der Waals surface area contributed by atoms with Crippen LogP contribution in [0.25, 0.3) is 0 Å².